The summed E-state index contributed by atoms with van der Waals surface area (Å²) in [5.41, 5.74) is 5.27. The molecule has 0 unspecified atom stereocenters. The van der Waals surface area contributed by atoms with E-state index < -0.39 is 0 Å². The fourth-order valence-corrected chi connectivity index (χ4v) is 0.969. The predicted octanol–water partition coefficient (Wildman–Crippen LogP) is 0.533. The molecule has 48 valence electrons. The van der Waals surface area contributed by atoms with E-state index in [0.29, 0.717) is 5.13 Å². The molecule has 0 spiro atoms. The highest BCUT2D eigenvalue weighted by atomic mass is 32.1. The van der Waals surface area contributed by atoms with Gasteiger partial charge in [0.25, 0.3) is 0 Å². The number of nitrogens with zero attached hydrogens (tertiary/aromatic N) is 2. The van der Waals surface area contributed by atoms with Gasteiger partial charge in [-0.2, -0.15) is 0 Å². The number of rotatable bonds is 1. The van der Waals surface area contributed by atoms with E-state index >= 15 is 0 Å². The van der Waals surface area contributed by atoms with Crippen LogP contribution in [0.2, 0.25) is 0 Å². The van der Waals surface area contributed by atoms with Crippen molar-refractivity contribution in [2.75, 3.05) is 5.73 Å². The molecule has 1 rings (SSSR count). The van der Waals surface area contributed by atoms with Crippen LogP contribution in [0.1, 0.15) is 4.88 Å². The van der Waals surface area contributed by atoms with Crippen LogP contribution in [0.25, 0.3) is 0 Å². The summed E-state index contributed by atoms with van der Waals surface area (Å²) in [6.45, 7) is 0. The summed E-state index contributed by atoms with van der Waals surface area (Å²) < 4.78 is 0. The molecular formula is C4H5N3OS. The Morgan fingerprint density at radius 2 is 2.67 bits per heavy atom. The minimum absolute atomic E-state index is 0.477. The molecular weight excluding hydrogens is 138 g/mol. The quantitative estimate of drug-likeness (QED) is 0.342. The lowest BCUT2D eigenvalue weighted by Gasteiger charge is -1.73. The van der Waals surface area contributed by atoms with Crippen molar-refractivity contribution in [1.29, 1.82) is 0 Å². The molecule has 1 aromatic heterocycles. The second kappa shape index (κ2) is 2.45. The van der Waals surface area contributed by atoms with Gasteiger partial charge in [-0.15, -0.1) is 0 Å². The molecule has 0 atom stereocenters. The van der Waals surface area contributed by atoms with Crippen molar-refractivity contribution in [3.05, 3.63) is 11.1 Å². The summed E-state index contributed by atoms with van der Waals surface area (Å²) in [6.07, 6.45) is 2.83. The first-order valence-electron chi connectivity index (χ1n) is 2.21. The van der Waals surface area contributed by atoms with Gasteiger partial charge in [0.1, 0.15) is 0 Å². The van der Waals surface area contributed by atoms with Gasteiger partial charge in [0.15, 0.2) is 5.13 Å². The van der Waals surface area contributed by atoms with Crippen molar-refractivity contribution < 1.29 is 5.21 Å². The second-order valence-corrected chi connectivity index (χ2v) is 2.44. The monoisotopic (exact) mass is 143 g/mol. The molecule has 0 fully saturated rings. The smallest absolute Gasteiger partial charge is 0.180 e. The van der Waals surface area contributed by atoms with E-state index in [1.807, 2.05) is 0 Å². The number of oxime groups is 1. The van der Waals surface area contributed by atoms with Crippen molar-refractivity contribution in [2.45, 2.75) is 0 Å². The molecule has 0 aliphatic rings. The van der Waals surface area contributed by atoms with E-state index in [2.05, 4.69) is 10.1 Å². The molecule has 3 N–H and O–H groups in total. The highest BCUT2D eigenvalue weighted by Gasteiger charge is 1.92. The summed E-state index contributed by atoms with van der Waals surface area (Å²) in [6, 6.07) is 0. The number of nitrogen functional groups attached to an aromatic ring is 1. The molecule has 9 heavy (non-hydrogen) atoms. The summed E-state index contributed by atoms with van der Waals surface area (Å²) in [4.78, 5) is 4.47. The van der Waals surface area contributed by atoms with Crippen LogP contribution in [-0.4, -0.2) is 16.4 Å². The topological polar surface area (TPSA) is 71.5 Å². The van der Waals surface area contributed by atoms with Crippen molar-refractivity contribution in [2.24, 2.45) is 5.16 Å². The molecule has 0 aliphatic heterocycles. The van der Waals surface area contributed by atoms with Crippen LogP contribution in [-0.2, 0) is 0 Å². The van der Waals surface area contributed by atoms with Crippen LogP contribution < -0.4 is 5.73 Å². The summed E-state index contributed by atoms with van der Waals surface area (Å²) in [5.74, 6) is 0. The van der Waals surface area contributed by atoms with Crippen LogP contribution in [0.15, 0.2) is 11.4 Å². The highest BCUT2D eigenvalue weighted by molar-refractivity contribution is 7.16. The van der Waals surface area contributed by atoms with E-state index in [9.17, 15) is 0 Å². The van der Waals surface area contributed by atoms with E-state index in [1.165, 1.54) is 17.6 Å². The van der Waals surface area contributed by atoms with Crippen LogP contribution in [0, 0.1) is 0 Å². The van der Waals surface area contributed by atoms with Crippen LogP contribution >= 0.6 is 11.3 Å². The first kappa shape index (κ1) is 6.03. The largest absolute Gasteiger partial charge is 0.411 e. The Morgan fingerprint density at radius 3 is 3.11 bits per heavy atom. The molecule has 0 saturated carbocycles. The first-order chi connectivity index (χ1) is 4.33. The highest BCUT2D eigenvalue weighted by Crippen LogP contribution is 2.10. The minimum Gasteiger partial charge on any atom is -0.411 e. The second-order valence-electron chi connectivity index (χ2n) is 1.35. The Labute approximate surface area is 55.6 Å². The normalized spacial score (nSPS) is 10.7. The number of hydrogen-bond acceptors (Lipinski definition) is 5. The molecule has 1 heterocycles. The lowest BCUT2D eigenvalue weighted by atomic mass is 10.6. The van der Waals surface area contributed by atoms with Crippen LogP contribution in [0.5, 0.6) is 0 Å². The Morgan fingerprint density at radius 1 is 1.89 bits per heavy atom. The van der Waals surface area contributed by atoms with E-state index in [4.69, 9.17) is 10.9 Å². The molecule has 5 heteroatoms. The fraction of sp³-hybridized carbons (Fsp3) is 0. The zero-order chi connectivity index (χ0) is 6.69. The Balaban J connectivity index is 2.85. The molecule has 0 radical (unpaired) electrons. The summed E-state index contributed by atoms with van der Waals surface area (Å²) in [5, 5.41) is 11.3. The summed E-state index contributed by atoms with van der Waals surface area (Å²) in [7, 11) is 0. The van der Waals surface area contributed by atoms with Gasteiger partial charge in [0.05, 0.1) is 11.1 Å². The SMILES string of the molecule is Nc1ncc(/C=N/O)s1. The third-order valence-corrected chi connectivity index (χ3v) is 1.49. The Bertz CT molecular complexity index is 219. The maximum Gasteiger partial charge on any atom is 0.180 e. The Kier molecular flexibility index (Phi) is 1.64. The average molecular weight is 143 g/mol. The van der Waals surface area contributed by atoms with Gasteiger partial charge >= 0.3 is 0 Å². The molecule has 0 saturated heterocycles. The molecule has 4 nitrogen and oxygen atoms in total. The van der Waals surface area contributed by atoms with E-state index in [-0.39, 0.29) is 0 Å². The van der Waals surface area contributed by atoms with Gasteiger partial charge in [-0.1, -0.05) is 16.5 Å². The van der Waals surface area contributed by atoms with Crippen LogP contribution in [0.4, 0.5) is 5.13 Å². The number of aromatic nitrogens is 1. The third kappa shape index (κ3) is 1.39. The maximum absolute atomic E-state index is 8.04. The average Bonchev–Trinajstić information content (AvgIpc) is 2.17. The van der Waals surface area contributed by atoms with E-state index in [1.54, 1.807) is 6.20 Å². The minimum atomic E-state index is 0.477. The van der Waals surface area contributed by atoms with Crippen molar-refractivity contribution in [1.82, 2.24) is 4.98 Å². The van der Waals surface area contributed by atoms with Crippen molar-refractivity contribution in [3.63, 3.8) is 0 Å². The third-order valence-electron chi connectivity index (χ3n) is 0.726. The van der Waals surface area contributed by atoms with E-state index in [0.717, 1.165) is 4.88 Å². The molecule has 0 aliphatic carbocycles. The molecule has 0 aromatic carbocycles. The zero-order valence-electron chi connectivity index (χ0n) is 4.48. The van der Waals surface area contributed by atoms with Crippen LogP contribution in [0.3, 0.4) is 0 Å². The lowest BCUT2D eigenvalue weighted by molar-refractivity contribution is 0.322. The first-order valence-corrected chi connectivity index (χ1v) is 3.03. The van der Waals surface area contributed by atoms with Gasteiger partial charge in [0.2, 0.25) is 0 Å². The number of hydrogen-bond donors (Lipinski definition) is 2. The summed E-state index contributed by atoms with van der Waals surface area (Å²) >= 11 is 1.27. The standard InChI is InChI=1S/C4H5N3OS/c5-4-6-1-3(9-4)2-7-8/h1-2,8H,(H2,5,6)/b7-2+. The number of anilines is 1. The van der Waals surface area contributed by atoms with Crippen molar-refractivity contribution in [3.8, 4) is 0 Å². The van der Waals surface area contributed by atoms with Gasteiger partial charge in [-0.25, -0.2) is 4.98 Å². The molecule has 0 bridgehead atoms. The predicted molar refractivity (Wildman–Crippen MR) is 35.9 cm³/mol. The van der Waals surface area contributed by atoms with Gasteiger partial charge in [-0.3, -0.25) is 0 Å². The number of nitrogens with two attached hydrogens (primary N) is 1. The zero-order valence-corrected chi connectivity index (χ0v) is 5.30. The molecule has 0 amide bonds. The number of thiazole rings is 1. The van der Waals surface area contributed by atoms with Crippen molar-refractivity contribution >= 4 is 22.7 Å². The van der Waals surface area contributed by atoms with Gasteiger partial charge < -0.3 is 10.9 Å². The fourth-order valence-electron chi connectivity index (χ4n) is 0.417. The van der Waals surface area contributed by atoms with Gasteiger partial charge in [0, 0.05) is 6.20 Å². The maximum atomic E-state index is 8.04. The molecule has 1 aromatic rings. The lowest BCUT2D eigenvalue weighted by Crippen LogP contribution is -1.77. The Hall–Kier alpha value is -1.10. The van der Waals surface area contributed by atoms with Gasteiger partial charge in [-0.05, 0) is 0 Å².